The highest BCUT2D eigenvalue weighted by atomic mass is 32.1. The first kappa shape index (κ1) is 22.6. The number of fused-ring (bicyclic) bond motifs is 1. The smallest absolute Gasteiger partial charge is 0.301 e. The summed E-state index contributed by atoms with van der Waals surface area (Å²) in [5.74, 6) is -0.486. The highest BCUT2D eigenvalue weighted by molar-refractivity contribution is 7.22. The third-order valence-electron chi connectivity index (χ3n) is 5.77. The van der Waals surface area contributed by atoms with Crippen molar-refractivity contribution >= 4 is 44.1 Å². The fraction of sp³-hybridized carbons (Fsp3) is 0.148. The van der Waals surface area contributed by atoms with Crippen LogP contribution in [0, 0.1) is 0 Å². The Bertz CT molecular complexity index is 1460. The summed E-state index contributed by atoms with van der Waals surface area (Å²) in [7, 11) is 1.58. The van der Waals surface area contributed by atoms with E-state index in [0.717, 1.165) is 4.70 Å². The van der Waals surface area contributed by atoms with E-state index in [0.29, 0.717) is 39.9 Å². The molecule has 7 nitrogen and oxygen atoms in total. The van der Waals surface area contributed by atoms with Crippen LogP contribution in [0.5, 0.6) is 11.5 Å². The number of nitrogens with zero attached hydrogens (tertiary/aromatic N) is 2. The second kappa shape index (κ2) is 9.23. The van der Waals surface area contributed by atoms with Crippen LogP contribution < -0.4 is 14.4 Å². The number of carbonyl (C=O) groups excluding carboxylic acids is 2. The molecule has 2 heterocycles. The summed E-state index contributed by atoms with van der Waals surface area (Å²) in [5, 5.41) is 11.6. The number of aliphatic hydroxyl groups is 1. The van der Waals surface area contributed by atoms with E-state index in [9.17, 15) is 14.7 Å². The van der Waals surface area contributed by atoms with Crippen LogP contribution in [0.15, 0.2) is 78.4 Å². The molecule has 1 aromatic heterocycles. The number of hydrogen-bond acceptors (Lipinski definition) is 7. The molecule has 1 aliphatic rings. The second-order valence-electron chi connectivity index (χ2n) is 7.87. The zero-order chi connectivity index (χ0) is 24.5. The Morgan fingerprint density at radius 2 is 1.83 bits per heavy atom. The number of ether oxygens (including phenoxy) is 2. The minimum absolute atomic E-state index is 0.00619. The largest absolute Gasteiger partial charge is 0.507 e. The molecule has 176 valence electrons. The fourth-order valence-electron chi connectivity index (χ4n) is 4.16. The predicted octanol–water partition coefficient (Wildman–Crippen LogP) is 5.33. The Hall–Kier alpha value is -4.17. The summed E-state index contributed by atoms with van der Waals surface area (Å²) in [5.41, 5.74) is 1.76. The van der Waals surface area contributed by atoms with Gasteiger partial charge in [-0.2, -0.15) is 0 Å². The molecule has 35 heavy (non-hydrogen) atoms. The maximum absolute atomic E-state index is 13.4. The standard InChI is InChI=1S/C27H22N2O5S/c1-3-34-19-11-7-10-17(14-19)23-22(24(30)16-8-5-4-6-9-16)25(31)26(32)29(23)27-28-20-13-12-18(33-2)15-21(20)35-27/h4-15,23,30H,3H2,1-2H3/b24-22+. The van der Waals surface area contributed by atoms with E-state index in [2.05, 4.69) is 4.98 Å². The van der Waals surface area contributed by atoms with E-state index in [1.165, 1.54) is 16.2 Å². The molecule has 1 atom stereocenters. The van der Waals surface area contributed by atoms with Crippen LogP contribution >= 0.6 is 11.3 Å². The molecule has 0 aliphatic carbocycles. The van der Waals surface area contributed by atoms with Gasteiger partial charge in [-0.3, -0.25) is 14.5 Å². The molecule has 0 radical (unpaired) electrons. The van der Waals surface area contributed by atoms with E-state index in [1.54, 1.807) is 67.8 Å². The van der Waals surface area contributed by atoms with Crippen LogP contribution in [0.25, 0.3) is 16.0 Å². The van der Waals surface area contributed by atoms with Gasteiger partial charge >= 0.3 is 5.91 Å². The number of aromatic nitrogens is 1. The maximum Gasteiger partial charge on any atom is 0.301 e. The molecule has 3 aromatic carbocycles. The molecule has 1 unspecified atom stereocenters. The zero-order valence-electron chi connectivity index (χ0n) is 19.1. The van der Waals surface area contributed by atoms with Crippen LogP contribution in [-0.2, 0) is 9.59 Å². The molecule has 1 saturated heterocycles. The van der Waals surface area contributed by atoms with E-state index < -0.39 is 17.7 Å². The van der Waals surface area contributed by atoms with E-state index in [4.69, 9.17) is 9.47 Å². The van der Waals surface area contributed by atoms with Crippen molar-refractivity contribution in [2.24, 2.45) is 0 Å². The molecular weight excluding hydrogens is 464 g/mol. The summed E-state index contributed by atoms with van der Waals surface area (Å²) < 4.78 is 11.8. The fourth-order valence-corrected chi connectivity index (χ4v) is 5.18. The molecule has 1 aliphatic heterocycles. The van der Waals surface area contributed by atoms with Crippen molar-refractivity contribution < 1.29 is 24.2 Å². The van der Waals surface area contributed by atoms with Crippen molar-refractivity contribution in [3.8, 4) is 11.5 Å². The number of thiazole rings is 1. The van der Waals surface area contributed by atoms with E-state index in [-0.39, 0.29) is 11.3 Å². The lowest BCUT2D eigenvalue weighted by Crippen LogP contribution is -2.29. The molecule has 4 aromatic rings. The Morgan fingerprint density at radius 1 is 1.03 bits per heavy atom. The van der Waals surface area contributed by atoms with Crippen molar-refractivity contribution in [2.75, 3.05) is 18.6 Å². The van der Waals surface area contributed by atoms with Gasteiger partial charge < -0.3 is 14.6 Å². The SMILES string of the molecule is CCOc1cccc(C2/C(=C(\O)c3ccccc3)C(=O)C(=O)N2c2nc3ccc(OC)cc3s2)c1. The minimum Gasteiger partial charge on any atom is -0.507 e. The van der Waals surface area contributed by atoms with Gasteiger partial charge in [-0.15, -0.1) is 0 Å². The molecule has 8 heteroatoms. The number of ketones is 1. The first-order valence-electron chi connectivity index (χ1n) is 11.1. The highest BCUT2D eigenvalue weighted by Gasteiger charge is 2.48. The number of methoxy groups -OCH3 is 1. The Balaban J connectivity index is 1.72. The number of carbonyl (C=O) groups is 2. The van der Waals surface area contributed by atoms with Gasteiger partial charge in [0, 0.05) is 5.56 Å². The molecule has 0 saturated carbocycles. The van der Waals surface area contributed by atoms with Gasteiger partial charge in [0.2, 0.25) is 0 Å². The summed E-state index contributed by atoms with van der Waals surface area (Å²) in [6.07, 6.45) is 0. The van der Waals surface area contributed by atoms with Gasteiger partial charge in [0.15, 0.2) is 5.13 Å². The van der Waals surface area contributed by atoms with Crippen LogP contribution in [0.2, 0.25) is 0 Å². The van der Waals surface area contributed by atoms with Gasteiger partial charge in [0.1, 0.15) is 17.3 Å². The average Bonchev–Trinajstić information content (AvgIpc) is 3.42. The lowest BCUT2D eigenvalue weighted by Gasteiger charge is -2.23. The summed E-state index contributed by atoms with van der Waals surface area (Å²) in [6, 6.07) is 20.5. The minimum atomic E-state index is -0.877. The van der Waals surface area contributed by atoms with Crippen LogP contribution in [0.1, 0.15) is 24.1 Å². The number of Topliss-reactive ketones (excluding diaryl/α,β-unsaturated/α-hetero) is 1. The highest BCUT2D eigenvalue weighted by Crippen LogP contribution is 2.45. The Labute approximate surface area is 205 Å². The Morgan fingerprint density at radius 3 is 2.57 bits per heavy atom. The number of rotatable bonds is 6. The number of anilines is 1. The van der Waals surface area contributed by atoms with Crippen molar-refractivity contribution in [3.05, 3.63) is 89.5 Å². The molecule has 0 bridgehead atoms. The van der Waals surface area contributed by atoms with E-state index >= 15 is 0 Å². The second-order valence-corrected chi connectivity index (χ2v) is 8.88. The molecule has 1 fully saturated rings. The number of aliphatic hydroxyl groups excluding tert-OH is 1. The van der Waals surface area contributed by atoms with Crippen LogP contribution in [-0.4, -0.2) is 35.5 Å². The molecule has 1 amide bonds. The summed E-state index contributed by atoms with van der Waals surface area (Å²) in [6.45, 7) is 2.34. The van der Waals surface area contributed by atoms with E-state index in [1.807, 2.05) is 19.1 Å². The molecule has 5 rings (SSSR count). The number of hydrogen-bond donors (Lipinski definition) is 1. The third-order valence-corrected chi connectivity index (χ3v) is 6.78. The number of amides is 1. The molecule has 1 N–H and O–H groups in total. The monoisotopic (exact) mass is 486 g/mol. The van der Waals surface area contributed by atoms with Gasteiger partial charge in [-0.1, -0.05) is 53.8 Å². The predicted molar refractivity (Wildman–Crippen MR) is 135 cm³/mol. The normalized spacial score (nSPS) is 17.2. The average molecular weight is 487 g/mol. The lowest BCUT2D eigenvalue weighted by atomic mass is 9.95. The van der Waals surface area contributed by atoms with Gasteiger partial charge in [0.05, 0.1) is 35.5 Å². The summed E-state index contributed by atoms with van der Waals surface area (Å²) >= 11 is 1.28. The number of benzene rings is 3. The first-order valence-corrected chi connectivity index (χ1v) is 11.9. The van der Waals surface area contributed by atoms with Crippen LogP contribution in [0.3, 0.4) is 0 Å². The zero-order valence-corrected chi connectivity index (χ0v) is 19.9. The van der Waals surface area contributed by atoms with Crippen LogP contribution in [0.4, 0.5) is 5.13 Å². The van der Waals surface area contributed by atoms with Gasteiger partial charge in [-0.05, 0) is 42.8 Å². The molecule has 0 spiro atoms. The van der Waals surface area contributed by atoms with Crippen molar-refractivity contribution in [1.29, 1.82) is 0 Å². The third kappa shape index (κ3) is 4.02. The lowest BCUT2D eigenvalue weighted by molar-refractivity contribution is -0.132. The van der Waals surface area contributed by atoms with Gasteiger partial charge in [0.25, 0.3) is 5.78 Å². The topological polar surface area (TPSA) is 89.0 Å². The quantitative estimate of drug-likeness (QED) is 0.225. The van der Waals surface area contributed by atoms with Crippen molar-refractivity contribution in [2.45, 2.75) is 13.0 Å². The molecular formula is C27H22N2O5S. The van der Waals surface area contributed by atoms with Gasteiger partial charge in [-0.25, -0.2) is 4.98 Å². The van der Waals surface area contributed by atoms with Crippen molar-refractivity contribution in [1.82, 2.24) is 4.98 Å². The first-order chi connectivity index (χ1) is 17.0. The summed E-state index contributed by atoms with van der Waals surface area (Å²) in [4.78, 5) is 32.7. The van der Waals surface area contributed by atoms with Crippen molar-refractivity contribution in [3.63, 3.8) is 0 Å². The Kier molecular flexibility index (Phi) is 5.96. The maximum atomic E-state index is 13.4.